The van der Waals surface area contributed by atoms with Gasteiger partial charge in [-0.25, -0.2) is 4.79 Å². The molecule has 2 rings (SSSR count). The normalized spacial score (nSPS) is 15.9. The summed E-state index contributed by atoms with van der Waals surface area (Å²) in [5.74, 6) is -0.131. The summed E-state index contributed by atoms with van der Waals surface area (Å²) in [4.78, 5) is 28.5. The third-order valence-corrected chi connectivity index (χ3v) is 4.45. The number of nitrogens with one attached hydrogen (secondary N) is 1. The molecule has 28 heavy (non-hydrogen) atoms. The van der Waals surface area contributed by atoms with Crippen molar-refractivity contribution in [1.82, 2.24) is 9.80 Å². The maximum atomic E-state index is 13.0. The monoisotopic (exact) mass is 393 g/mol. The van der Waals surface area contributed by atoms with Gasteiger partial charge in [0.25, 0.3) is 5.91 Å². The van der Waals surface area contributed by atoms with Crippen LogP contribution in [-0.2, 0) is 4.74 Å². The number of ether oxygens (including phenoxy) is 1. The molecule has 156 valence electrons. The van der Waals surface area contributed by atoms with E-state index in [0.717, 1.165) is 5.56 Å². The highest BCUT2D eigenvalue weighted by Gasteiger charge is 2.29. The lowest BCUT2D eigenvalue weighted by atomic mass is 10.1. The first-order valence-corrected chi connectivity index (χ1v) is 9.52. The largest absolute Gasteiger partial charge is 0.444 e. The van der Waals surface area contributed by atoms with Crippen LogP contribution in [0.15, 0.2) is 18.2 Å². The molecule has 0 saturated carbocycles. The fraction of sp³-hybridized carbons (Fsp3) is 0.600. The van der Waals surface area contributed by atoms with E-state index in [2.05, 4.69) is 5.32 Å². The molecule has 1 aromatic carbocycles. The second kappa shape index (κ2) is 9.25. The number of rotatable bonds is 5. The van der Waals surface area contributed by atoms with E-state index in [1.54, 1.807) is 15.9 Å². The van der Waals surface area contributed by atoms with Gasteiger partial charge in [0.1, 0.15) is 5.60 Å². The highest BCUT2D eigenvalue weighted by Crippen LogP contribution is 2.23. The highest BCUT2D eigenvalue weighted by atomic mass is 16.6. The Morgan fingerprint density at radius 2 is 1.79 bits per heavy atom. The van der Waals surface area contributed by atoms with Crippen LogP contribution in [0.25, 0.3) is 0 Å². The van der Waals surface area contributed by atoms with Crippen LogP contribution in [-0.4, -0.2) is 83.0 Å². The van der Waals surface area contributed by atoms with E-state index in [0.29, 0.717) is 37.4 Å². The first-order chi connectivity index (χ1) is 13.1. The maximum absolute atomic E-state index is 13.0. The van der Waals surface area contributed by atoms with Crippen LogP contribution in [0, 0.1) is 6.92 Å². The lowest BCUT2D eigenvalue weighted by molar-refractivity contribution is 0.0141. The van der Waals surface area contributed by atoms with E-state index in [4.69, 9.17) is 9.84 Å². The van der Waals surface area contributed by atoms with Crippen molar-refractivity contribution in [2.75, 3.05) is 44.6 Å². The van der Waals surface area contributed by atoms with Crippen molar-refractivity contribution in [3.8, 4) is 0 Å². The number of benzene rings is 1. The number of carbonyl (C=O) groups is 2. The second-order valence-electron chi connectivity index (χ2n) is 7.97. The number of para-hydroxylation sites is 1. The van der Waals surface area contributed by atoms with Crippen molar-refractivity contribution < 1.29 is 24.5 Å². The minimum atomic E-state index is -0.903. The van der Waals surface area contributed by atoms with Gasteiger partial charge in [-0.05, 0) is 39.3 Å². The summed E-state index contributed by atoms with van der Waals surface area (Å²) in [6.07, 6.45) is -1.27. The van der Waals surface area contributed by atoms with Gasteiger partial charge in [-0.1, -0.05) is 12.1 Å². The van der Waals surface area contributed by atoms with Gasteiger partial charge < -0.3 is 30.1 Å². The summed E-state index contributed by atoms with van der Waals surface area (Å²) in [7, 11) is 0. The van der Waals surface area contributed by atoms with Gasteiger partial charge in [0.15, 0.2) is 0 Å². The van der Waals surface area contributed by atoms with Crippen molar-refractivity contribution >= 4 is 17.7 Å². The summed E-state index contributed by atoms with van der Waals surface area (Å²) in [5.41, 5.74) is 1.49. The molecule has 0 aliphatic carbocycles. The molecular formula is C20H31N3O5. The van der Waals surface area contributed by atoms with Crippen LogP contribution in [0.5, 0.6) is 0 Å². The van der Waals surface area contributed by atoms with Crippen molar-refractivity contribution in [1.29, 1.82) is 0 Å². The maximum Gasteiger partial charge on any atom is 0.410 e. The Kier molecular flexibility index (Phi) is 7.26. The van der Waals surface area contributed by atoms with Crippen LogP contribution >= 0.6 is 0 Å². The van der Waals surface area contributed by atoms with Gasteiger partial charge in [-0.3, -0.25) is 4.79 Å². The summed E-state index contributed by atoms with van der Waals surface area (Å²) in [6.45, 7) is 8.82. The zero-order valence-corrected chi connectivity index (χ0v) is 17.1. The van der Waals surface area contributed by atoms with Gasteiger partial charge >= 0.3 is 6.09 Å². The molecule has 1 aromatic rings. The van der Waals surface area contributed by atoms with Crippen molar-refractivity contribution in [3.05, 3.63) is 29.3 Å². The van der Waals surface area contributed by atoms with Gasteiger partial charge in [-0.15, -0.1) is 0 Å². The molecule has 1 atom stereocenters. The standard InChI is InChI=1S/C20H31N3O5/c1-14-6-5-7-16(17(14)21-12-15(25)13-24)18(26)22-8-10-23(11-9-22)19(27)28-20(2,3)4/h5-7,15,21,24-25H,8-13H2,1-4H3. The third kappa shape index (κ3) is 5.84. The molecule has 0 aromatic heterocycles. The molecule has 0 spiro atoms. The molecule has 1 saturated heterocycles. The molecule has 0 bridgehead atoms. The van der Waals surface area contributed by atoms with Crippen LogP contribution in [0.4, 0.5) is 10.5 Å². The Morgan fingerprint density at radius 1 is 1.18 bits per heavy atom. The minimum absolute atomic E-state index is 0.131. The minimum Gasteiger partial charge on any atom is -0.444 e. The predicted octanol–water partition coefficient (Wildman–Crippen LogP) is 1.45. The molecule has 0 radical (unpaired) electrons. The molecular weight excluding hydrogens is 362 g/mol. The number of amides is 2. The smallest absolute Gasteiger partial charge is 0.410 e. The Balaban J connectivity index is 2.03. The third-order valence-electron chi connectivity index (χ3n) is 4.45. The number of nitrogens with zero attached hydrogens (tertiary/aromatic N) is 2. The lowest BCUT2D eigenvalue weighted by Gasteiger charge is -2.36. The number of aliphatic hydroxyl groups is 2. The van der Waals surface area contributed by atoms with Crippen molar-refractivity contribution in [3.63, 3.8) is 0 Å². The lowest BCUT2D eigenvalue weighted by Crippen LogP contribution is -2.51. The summed E-state index contributed by atoms with van der Waals surface area (Å²) in [5, 5.41) is 21.7. The van der Waals surface area contributed by atoms with E-state index < -0.39 is 11.7 Å². The van der Waals surface area contributed by atoms with E-state index in [9.17, 15) is 14.7 Å². The Bertz CT molecular complexity index is 694. The Labute approximate surface area is 166 Å². The van der Waals surface area contributed by atoms with Crippen molar-refractivity contribution in [2.45, 2.75) is 39.4 Å². The number of hydrogen-bond acceptors (Lipinski definition) is 6. The number of piperazine rings is 1. The van der Waals surface area contributed by atoms with Gasteiger partial charge in [0.2, 0.25) is 0 Å². The van der Waals surface area contributed by atoms with Gasteiger partial charge in [0, 0.05) is 38.4 Å². The van der Waals surface area contributed by atoms with Crippen LogP contribution in [0.3, 0.4) is 0 Å². The van der Waals surface area contributed by atoms with Gasteiger partial charge in [-0.2, -0.15) is 0 Å². The molecule has 1 aliphatic heterocycles. The SMILES string of the molecule is Cc1cccc(C(=O)N2CCN(C(=O)OC(C)(C)C)CC2)c1NCC(O)CO. The summed E-state index contributed by atoms with van der Waals surface area (Å²) < 4.78 is 5.39. The molecule has 3 N–H and O–H groups in total. The molecule has 1 aliphatic rings. The number of aryl methyl sites for hydroxylation is 1. The first kappa shape index (κ1) is 22.0. The Hall–Kier alpha value is -2.32. The average Bonchev–Trinajstić information content (AvgIpc) is 2.64. The molecule has 1 heterocycles. The topological polar surface area (TPSA) is 102 Å². The number of carbonyl (C=O) groups excluding carboxylic acids is 2. The van der Waals surface area contributed by atoms with Crippen LogP contribution in [0.1, 0.15) is 36.7 Å². The van der Waals surface area contributed by atoms with Crippen LogP contribution < -0.4 is 5.32 Å². The fourth-order valence-electron chi connectivity index (χ4n) is 2.95. The highest BCUT2D eigenvalue weighted by molar-refractivity contribution is 6.00. The number of hydrogen-bond donors (Lipinski definition) is 3. The zero-order valence-electron chi connectivity index (χ0n) is 17.1. The molecule has 2 amide bonds. The second-order valence-corrected chi connectivity index (χ2v) is 7.97. The molecule has 8 nitrogen and oxygen atoms in total. The van der Waals surface area contributed by atoms with Gasteiger partial charge in [0.05, 0.1) is 18.3 Å². The first-order valence-electron chi connectivity index (χ1n) is 9.52. The van der Waals surface area contributed by atoms with Crippen molar-refractivity contribution in [2.24, 2.45) is 0 Å². The molecule has 8 heteroatoms. The number of anilines is 1. The van der Waals surface area contributed by atoms with E-state index in [-0.39, 0.29) is 25.2 Å². The number of aliphatic hydroxyl groups excluding tert-OH is 2. The summed E-state index contributed by atoms with van der Waals surface area (Å²) in [6, 6.07) is 5.43. The predicted molar refractivity (Wildman–Crippen MR) is 106 cm³/mol. The quantitative estimate of drug-likeness (QED) is 0.700. The van der Waals surface area contributed by atoms with E-state index in [1.807, 2.05) is 39.8 Å². The van der Waals surface area contributed by atoms with E-state index >= 15 is 0 Å². The molecule has 1 unspecified atom stereocenters. The zero-order chi connectivity index (χ0) is 20.9. The average molecular weight is 393 g/mol. The summed E-state index contributed by atoms with van der Waals surface area (Å²) >= 11 is 0. The van der Waals surface area contributed by atoms with Crippen LogP contribution in [0.2, 0.25) is 0 Å². The molecule has 1 fully saturated rings. The Morgan fingerprint density at radius 3 is 2.36 bits per heavy atom. The fourth-order valence-corrected chi connectivity index (χ4v) is 2.95. The van der Waals surface area contributed by atoms with E-state index in [1.165, 1.54) is 0 Å².